The summed E-state index contributed by atoms with van der Waals surface area (Å²) in [5, 5.41) is 4.49. The van der Waals surface area contributed by atoms with E-state index in [9.17, 15) is 9.18 Å². The highest BCUT2D eigenvalue weighted by Gasteiger charge is 2.17. The molecule has 0 radical (unpaired) electrons. The summed E-state index contributed by atoms with van der Waals surface area (Å²) in [5.41, 5.74) is 1.19. The minimum absolute atomic E-state index is 0.0507. The van der Waals surface area contributed by atoms with E-state index in [2.05, 4.69) is 26.1 Å². The average molecular weight is 229 g/mol. The number of alkyl halides is 1. The first-order valence-corrected chi connectivity index (χ1v) is 5.76. The molecule has 0 saturated heterocycles. The van der Waals surface area contributed by atoms with E-state index in [-0.39, 0.29) is 17.9 Å². The maximum Gasteiger partial charge on any atom is 0.261 e. The molecule has 0 atom stereocenters. The molecular formula is C11H16FNOS. The number of hydrogen-bond donors (Lipinski definition) is 1. The number of carbonyl (C=O) groups is 1. The molecule has 84 valence electrons. The first-order valence-electron chi connectivity index (χ1n) is 4.88. The topological polar surface area (TPSA) is 29.1 Å². The summed E-state index contributed by atoms with van der Waals surface area (Å²) in [5.74, 6) is -0.187. The van der Waals surface area contributed by atoms with Crippen molar-refractivity contribution in [3.8, 4) is 0 Å². The molecule has 4 heteroatoms. The zero-order valence-corrected chi connectivity index (χ0v) is 10.1. The van der Waals surface area contributed by atoms with Crippen molar-refractivity contribution >= 4 is 17.2 Å². The van der Waals surface area contributed by atoms with Crippen molar-refractivity contribution in [3.63, 3.8) is 0 Å². The first-order chi connectivity index (χ1) is 6.95. The highest BCUT2D eigenvalue weighted by Crippen LogP contribution is 2.27. The molecule has 1 N–H and O–H groups in total. The van der Waals surface area contributed by atoms with Crippen LogP contribution in [0.3, 0.4) is 0 Å². The predicted molar refractivity (Wildman–Crippen MR) is 61.3 cm³/mol. The van der Waals surface area contributed by atoms with Crippen molar-refractivity contribution in [2.75, 3.05) is 13.2 Å². The van der Waals surface area contributed by atoms with E-state index in [1.54, 1.807) is 0 Å². The second-order valence-corrected chi connectivity index (χ2v) is 5.31. The summed E-state index contributed by atoms with van der Waals surface area (Å²) in [6, 6.07) is 1.87. The number of halogens is 1. The minimum Gasteiger partial charge on any atom is -0.349 e. The number of rotatable bonds is 3. The summed E-state index contributed by atoms with van der Waals surface area (Å²) in [4.78, 5) is 12.1. The molecule has 2 nitrogen and oxygen atoms in total. The Labute approximate surface area is 93.5 Å². The van der Waals surface area contributed by atoms with Crippen LogP contribution in [0, 0.1) is 0 Å². The number of carbonyl (C=O) groups excluding carboxylic acids is 1. The molecule has 0 aliphatic carbocycles. The van der Waals surface area contributed by atoms with E-state index in [1.807, 2.05) is 11.4 Å². The largest absolute Gasteiger partial charge is 0.349 e. The molecule has 1 heterocycles. The van der Waals surface area contributed by atoms with Crippen LogP contribution in [0.5, 0.6) is 0 Å². The smallest absolute Gasteiger partial charge is 0.261 e. The standard InChI is InChI=1S/C11H16FNOS/c1-11(2,3)8-6-9(15-7-8)10(14)13-5-4-12/h6-7H,4-5H2,1-3H3,(H,13,14). The van der Waals surface area contributed by atoms with Crippen LogP contribution in [0.1, 0.15) is 36.0 Å². The second-order valence-electron chi connectivity index (χ2n) is 4.39. The van der Waals surface area contributed by atoms with Crippen LogP contribution in [0.25, 0.3) is 0 Å². The summed E-state index contributed by atoms with van der Waals surface area (Å²) in [6.45, 7) is 5.85. The minimum atomic E-state index is -0.525. The SMILES string of the molecule is CC(C)(C)c1csc(C(=O)NCCF)c1. The van der Waals surface area contributed by atoms with Crippen LogP contribution in [0.2, 0.25) is 0 Å². The monoisotopic (exact) mass is 229 g/mol. The molecule has 0 fully saturated rings. The van der Waals surface area contributed by atoms with Crippen molar-refractivity contribution < 1.29 is 9.18 Å². The van der Waals surface area contributed by atoms with E-state index in [4.69, 9.17) is 0 Å². The second kappa shape index (κ2) is 4.75. The van der Waals surface area contributed by atoms with Crippen LogP contribution in [0.15, 0.2) is 11.4 Å². The number of thiophene rings is 1. The Bertz CT molecular complexity index is 341. The summed E-state index contributed by atoms with van der Waals surface area (Å²) in [7, 11) is 0. The van der Waals surface area contributed by atoms with Gasteiger partial charge in [0.25, 0.3) is 5.91 Å². The van der Waals surface area contributed by atoms with Crippen molar-refractivity contribution in [2.45, 2.75) is 26.2 Å². The van der Waals surface area contributed by atoms with Gasteiger partial charge in [-0.1, -0.05) is 20.8 Å². The normalized spacial score (nSPS) is 11.5. The fourth-order valence-electron chi connectivity index (χ4n) is 1.10. The highest BCUT2D eigenvalue weighted by atomic mass is 32.1. The summed E-state index contributed by atoms with van der Waals surface area (Å²) < 4.78 is 11.9. The number of amides is 1. The van der Waals surface area contributed by atoms with Crippen LogP contribution >= 0.6 is 11.3 Å². The van der Waals surface area contributed by atoms with Gasteiger partial charge >= 0.3 is 0 Å². The summed E-state index contributed by atoms with van der Waals surface area (Å²) in [6.07, 6.45) is 0. The van der Waals surface area contributed by atoms with E-state index >= 15 is 0 Å². The quantitative estimate of drug-likeness (QED) is 0.848. The first kappa shape index (κ1) is 12.2. The average Bonchev–Trinajstić information content (AvgIpc) is 2.62. The molecule has 0 spiro atoms. The third kappa shape index (κ3) is 3.30. The summed E-state index contributed by atoms with van der Waals surface area (Å²) >= 11 is 1.40. The Morgan fingerprint density at radius 1 is 1.53 bits per heavy atom. The lowest BCUT2D eigenvalue weighted by atomic mass is 9.89. The van der Waals surface area contributed by atoms with E-state index in [0.29, 0.717) is 4.88 Å². The molecule has 0 aromatic carbocycles. The molecule has 0 saturated carbocycles. The van der Waals surface area contributed by atoms with Gasteiger partial charge in [0.1, 0.15) is 6.67 Å². The van der Waals surface area contributed by atoms with Crippen molar-refractivity contribution in [2.24, 2.45) is 0 Å². The third-order valence-electron chi connectivity index (χ3n) is 2.07. The van der Waals surface area contributed by atoms with Gasteiger partial charge in [0, 0.05) is 6.54 Å². The maximum absolute atomic E-state index is 11.9. The Morgan fingerprint density at radius 2 is 2.20 bits per heavy atom. The van der Waals surface area contributed by atoms with E-state index in [1.165, 1.54) is 11.3 Å². The Balaban J connectivity index is 2.72. The van der Waals surface area contributed by atoms with E-state index < -0.39 is 6.67 Å². The van der Waals surface area contributed by atoms with Crippen molar-refractivity contribution in [1.29, 1.82) is 0 Å². The number of nitrogens with one attached hydrogen (secondary N) is 1. The lowest BCUT2D eigenvalue weighted by Crippen LogP contribution is -2.24. The van der Waals surface area contributed by atoms with Gasteiger partial charge in [-0.3, -0.25) is 4.79 Å². The highest BCUT2D eigenvalue weighted by molar-refractivity contribution is 7.12. The van der Waals surface area contributed by atoms with Gasteiger partial charge in [-0.25, -0.2) is 4.39 Å². The van der Waals surface area contributed by atoms with Gasteiger partial charge in [0.05, 0.1) is 4.88 Å². The van der Waals surface area contributed by atoms with Crippen LogP contribution in [0.4, 0.5) is 4.39 Å². The van der Waals surface area contributed by atoms with Crippen molar-refractivity contribution in [1.82, 2.24) is 5.32 Å². The molecule has 1 amide bonds. The van der Waals surface area contributed by atoms with Crippen LogP contribution in [-0.2, 0) is 5.41 Å². The Hall–Kier alpha value is -0.900. The lowest BCUT2D eigenvalue weighted by Gasteiger charge is -2.15. The lowest BCUT2D eigenvalue weighted by molar-refractivity contribution is 0.0955. The van der Waals surface area contributed by atoms with Gasteiger partial charge in [0.15, 0.2) is 0 Å². The molecule has 0 bridgehead atoms. The fourth-order valence-corrected chi connectivity index (χ4v) is 2.15. The van der Waals surface area contributed by atoms with Crippen LogP contribution in [-0.4, -0.2) is 19.1 Å². The van der Waals surface area contributed by atoms with Gasteiger partial charge in [0.2, 0.25) is 0 Å². The molecular weight excluding hydrogens is 213 g/mol. The molecule has 1 rings (SSSR count). The molecule has 0 aliphatic heterocycles. The maximum atomic E-state index is 11.9. The zero-order chi connectivity index (χ0) is 11.5. The van der Waals surface area contributed by atoms with Crippen LogP contribution < -0.4 is 5.32 Å². The third-order valence-corrected chi connectivity index (χ3v) is 3.00. The molecule has 1 aromatic rings. The molecule has 1 aromatic heterocycles. The molecule has 15 heavy (non-hydrogen) atoms. The van der Waals surface area contributed by atoms with Gasteiger partial charge in [-0.05, 0) is 22.4 Å². The Kier molecular flexibility index (Phi) is 3.85. The molecule has 0 unspecified atom stereocenters. The number of hydrogen-bond acceptors (Lipinski definition) is 2. The van der Waals surface area contributed by atoms with E-state index in [0.717, 1.165) is 5.56 Å². The van der Waals surface area contributed by atoms with Crippen molar-refractivity contribution in [3.05, 3.63) is 21.9 Å². The fraction of sp³-hybridized carbons (Fsp3) is 0.545. The Morgan fingerprint density at radius 3 is 2.67 bits per heavy atom. The predicted octanol–water partition coefficient (Wildman–Crippen LogP) is 2.74. The molecule has 0 aliphatic rings. The zero-order valence-electron chi connectivity index (χ0n) is 9.26. The van der Waals surface area contributed by atoms with Gasteiger partial charge in [-0.2, -0.15) is 0 Å². The van der Waals surface area contributed by atoms with Gasteiger partial charge in [-0.15, -0.1) is 11.3 Å². The van der Waals surface area contributed by atoms with Gasteiger partial charge < -0.3 is 5.32 Å².